The largest absolute Gasteiger partial charge is 0.341 e. The van der Waals surface area contributed by atoms with Gasteiger partial charge in [-0.05, 0) is 43.4 Å². The Bertz CT molecular complexity index is 574. The fraction of sp³-hybridized carbons (Fsp3) is 0.529. The van der Waals surface area contributed by atoms with Gasteiger partial charge in [-0.15, -0.1) is 0 Å². The quantitative estimate of drug-likeness (QED) is 0.857. The third kappa shape index (κ3) is 3.80. The highest BCUT2D eigenvalue weighted by atomic mass is 35.5. The van der Waals surface area contributed by atoms with Gasteiger partial charge in [0.05, 0.1) is 0 Å². The Kier molecular flexibility index (Phi) is 5.46. The number of nitrogens with zero attached hydrogens (tertiary/aromatic N) is 2. The standard InChI is InChI=1S/C17H23ClN2O2/c1-12-6-5-9-19(10-12)17(22)11-20(14(3)21)16-8-4-7-15(18)13(16)2/h4,7-8,12H,5-6,9-11H2,1-3H3. The van der Waals surface area contributed by atoms with E-state index in [9.17, 15) is 9.59 Å². The Morgan fingerprint density at radius 3 is 2.77 bits per heavy atom. The zero-order valence-corrected chi connectivity index (χ0v) is 14.2. The Balaban J connectivity index is 2.17. The number of rotatable bonds is 3. The van der Waals surface area contributed by atoms with Crippen LogP contribution in [0, 0.1) is 12.8 Å². The maximum Gasteiger partial charge on any atom is 0.242 e. The molecule has 1 unspecified atom stereocenters. The number of hydrogen-bond acceptors (Lipinski definition) is 2. The highest BCUT2D eigenvalue weighted by Gasteiger charge is 2.25. The average Bonchev–Trinajstić information content (AvgIpc) is 2.47. The first-order valence-corrected chi connectivity index (χ1v) is 8.09. The molecule has 0 bridgehead atoms. The van der Waals surface area contributed by atoms with Crippen molar-refractivity contribution in [3.8, 4) is 0 Å². The molecule has 1 heterocycles. The third-order valence-corrected chi connectivity index (χ3v) is 4.62. The summed E-state index contributed by atoms with van der Waals surface area (Å²) in [5, 5.41) is 0.600. The van der Waals surface area contributed by atoms with Crippen molar-refractivity contribution in [2.45, 2.75) is 33.6 Å². The Labute approximate surface area is 137 Å². The van der Waals surface area contributed by atoms with Gasteiger partial charge < -0.3 is 9.80 Å². The van der Waals surface area contributed by atoms with Crippen LogP contribution in [0.4, 0.5) is 5.69 Å². The Morgan fingerprint density at radius 1 is 1.41 bits per heavy atom. The molecule has 2 amide bonds. The van der Waals surface area contributed by atoms with Gasteiger partial charge in [-0.3, -0.25) is 9.59 Å². The number of carbonyl (C=O) groups is 2. The summed E-state index contributed by atoms with van der Waals surface area (Å²) >= 11 is 6.13. The van der Waals surface area contributed by atoms with Gasteiger partial charge in [0.2, 0.25) is 11.8 Å². The average molecular weight is 323 g/mol. The predicted molar refractivity (Wildman–Crippen MR) is 89.2 cm³/mol. The second kappa shape index (κ2) is 7.14. The molecule has 0 radical (unpaired) electrons. The molecule has 22 heavy (non-hydrogen) atoms. The molecule has 0 saturated carbocycles. The van der Waals surface area contributed by atoms with Crippen molar-refractivity contribution in [3.63, 3.8) is 0 Å². The lowest BCUT2D eigenvalue weighted by Gasteiger charge is -2.33. The molecule has 4 nitrogen and oxygen atoms in total. The zero-order valence-electron chi connectivity index (χ0n) is 13.4. The summed E-state index contributed by atoms with van der Waals surface area (Å²) in [4.78, 5) is 27.9. The molecular formula is C17H23ClN2O2. The maximum absolute atomic E-state index is 12.5. The van der Waals surface area contributed by atoms with Gasteiger partial charge in [-0.2, -0.15) is 0 Å². The summed E-state index contributed by atoms with van der Waals surface area (Å²) in [7, 11) is 0. The number of amides is 2. The van der Waals surface area contributed by atoms with Crippen LogP contribution >= 0.6 is 11.6 Å². The lowest BCUT2D eigenvalue weighted by Crippen LogP contribution is -2.46. The van der Waals surface area contributed by atoms with Crippen LogP contribution in [-0.2, 0) is 9.59 Å². The molecule has 0 N–H and O–H groups in total. The van der Waals surface area contributed by atoms with Crippen molar-refractivity contribution < 1.29 is 9.59 Å². The summed E-state index contributed by atoms with van der Waals surface area (Å²) in [5.74, 6) is 0.376. The lowest BCUT2D eigenvalue weighted by molar-refractivity contribution is -0.132. The number of likely N-dealkylation sites (tertiary alicyclic amines) is 1. The molecule has 1 saturated heterocycles. The number of anilines is 1. The van der Waals surface area contributed by atoms with Crippen LogP contribution < -0.4 is 4.90 Å². The van der Waals surface area contributed by atoms with E-state index in [2.05, 4.69) is 6.92 Å². The number of hydrogen-bond donors (Lipinski definition) is 0. The summed E-state index contributed by atoms with van der Waals surface area (Å²) in [6.07, 6.45) is 2.19. The van der Waals surface area contributed by atoms with Gasteiger partial charge >= 0.3 is 0 Å². The summed E-state index contributed by atoms with van der Waals surface area (Å²) in [6.45, 7) is 7.13. The van der Waals surface area contributed by atoms with Crippen molar-refractivity contribution in [2.24, 2.45) is 5.92 Å². The van der Waals surface area contributed by atoms with Crippen molar-refractivity contribution in [3.05, 3.63) is 28.8 Å². The van der Waals surface area contributed by atoms with E-state index in [-0.39, 0.29) is 18.4 Å². The summed E-state index contributed by atoms with van der Waals surface area (Å²) in [5.41, 5.74) is 1.53. The van der Waals surface area contributed by atoms with Crippen molar-refractivity contribution >= 4 is 29.1 Å². The molecule has 120 valence electrons. The van der Waals surface area contributed by atoms with E-state index in [1.807, 2.05) is 17.9 Å². The third-order valence-electron chi connectivity index (χ3n) is 4.21. The molecular weight excluding hydrogens is 300 g/mol. The minimum atomic E-state index is -0.149. The van der Waals surface area contributed by atoms with Crippen LogP contribution in [0.2, 0.25) is 5.02 Å². The molecule has 5 heteroatoms. The molecule has 1 aliphatic heterocycles. The normalized spacial score (nSPS) is 18.2. The summed E-state index contributed by atoms with van der Waals surface area (Å²) < 4.78 is 0. The van der Waals surface area contributed by atoms with E-state index in [0.29, 0.717) is 16.6 Å². The molecule has 2 rings (SSSR count). The first kappa shape index (κ1) is 16.8. The first-order chi connectivity index (χ1) is 10.4. The van der Waals surface area contributed by atoms with Crippen LogP contribution in [-0.4, -0.2) is 36.3 Å². The SMILES string of the molecule is CC(=O)N(CC(=O)N1CCCC(C)C1)c1cccc(Cl)c1C. The highest BCUT2D eigenvalue weighted by molar-refractivity contribution is 6.31. The second-order valence-electron chi connectivity index (χ2n) is 6.08. The number of halogens is 1. The molecule has 1 atom stereocenters. The van der Waals surface area contributed by atoms with E-state index in [1.54, 1.807) is 12.1 Å². The fourth-order valence-electron chi connectivity index (χ4n) is 2.91. The molecule has 1 aromatic carbocycles. The minimum Gasteiger partial charge on any atom is -0.341 e. The molecule has 1 aromatic rings. The predicted octanol–water partition coefficient (Wildman–Crippen LogP) is 3.26. The van der Waals surface area contributed by atoms with Crippen molar-refractivity contribution in [1.29, 1.82) is 0 Å². The van der Waals surface area contributed by atoms with Crippen LogP contribution in [0.5, 0.6) is 0 Å². The van der Waals surface area contributed by atoms with Crippen LogP contribution in [0.15, 0.2) is 18.2 Å². The number of carbonyl (C=O) groups excluding carboxylic acids is 2. The van der Waals surface area contributed by atoms with E-state index < -0.39 is 0 Å². The molecule has 1 fully saturated rings. The molecule has 0 aliphatic carbocycles. The fourth-order valence-corrected chi connectivity index (χ4v) is 3.08. The van der Waals surface area contributed by atoms with Gasteiger partial charge in [0.25, 0.3) is 0 Å². The molecule has 0 aromatic heterocycles. The molecule has 1 aliphatic rings. The van der Waals surface area contributed by atoms with E-state index in [4.69, 9.17) is 11.6 Å². The maximum atomic E-state index is 12.5. The number of benzene rings is 1. The molecule has 0 spiro atoms. The van der Waals surface area contributed by atoms with Crippen LogP contribution in [0.3, 0.4) is 0 Å². The van der Waals surface area contributed by atoms with E-state index in [1.165, 1.54) is 11.8 Å². The highest BCUT2D eigenvalue weighted by Crippen LogP contribution is 2.27. The van der Waals surface area contributed by atoms with Crippen LogP contribution in [0.1, 0.15) is 32.3 Å². The first-order valence-electron chi connectivity index (χ1n) is 7.71. The van der Waals surface area contributed by atoms with Crippen molar-refractivity contribution in [2.75, 3.05) is 24.5 Å². The Morgan fingerprint density at radius 2 is 2.14 bits per heavy atom. The number of piperidine rings is 1. The van der Waals surface area contributed by atoms with Crippen LogP contribution in [0.25, 0.3) is 0 Å². The zero-order chi connectivity index (χ0) is 16.3. The topological polar surface area (TPSA) is 40.6 Å². The van der Waals surface area contributed by atoms with E-state index >= 15 is 0 Å². The lowest BCUT2D eigenvalue weighted by atomic mass is 10.0. The van der Waals surface area contributed by atoms with Gasteiger partial charge in [-0.1, -0.05) is 24.6 Å². The Hall–Kier alpha value is -1.55. The second-order valence-corrected chi connectivity index (χ2v) is 6.48. The smallest absolute Gasteiger partial charge is 0.242 e. The summed E-state index contributed by atoms with van der Waals surface area (Å²) in [6, 6.07) is 5.41. The monoisotopic (exact) mass is 322 g/mol. The minimum absolute atomic E-state index is 0.00104. The van der Waals surface area contributed by atoms with E-state index in [0.717, 1.165) is 31.5 Å². The van der Waals surface area contributed by atoms with Gasteiger partial charge in [0.1, 0.15) is 6.54 Å². The van der Waals surface area contributed by atoms with Gasteiger partial charge in [-0.25, -0.2) is 0 Å². The van der Waals surface area contributed by atoms with Gasteiger partial charge in [0, 0.05) is 30.7 Å². The van der Waals surface area contributed by atoms with Gasteiger partial charge in [0.15, 0.2) is 0 Å². The van der Waals surface area contributed by atoms with Crippen molar-refractivity contribution in [1.82, 2.24) is 4.90 Å².